The summed E-state index contributed by atoms with van der Waals surface area (Å²) in [4.78, 5) is 10.8. The average molecular weight is 347 g/mol. The molecule has 3 aromatic rings. The van der Waals surface area contributed by atoms with E-state index in [1.54, 1.807) is 12.1 Å². The zero-order chi connectivity index (χ0) is 16.7. The molecule has 1 aliphatic heterocycles. The van der Waals surface area contributed by atoms with Crippen LogP contribution in [0.25, 0.3) is 16.9 Å². The minimum atomic E-state index is -0.266. The summed E-state index contributed by atoms with van der Waals surface area (Å²) in [7, 11) is 0. The Kier molecular flexibility index (Phi) is 3.86. The molecule has 3 heterocycles. The highest BCUT2D eigenvalue weighted by Gasteiger charge is 2.17. The van der Waals surface area contributed by atoms with E-state index in [2.05, 4.69) is 9.97 Å². The molecule has 124 valence electrons. The number of imidazole rings is 1. The lowest BCUT2D eigenvalue weighted by Crippen LogP contribution is -2.36. The van der Waals surface area contributed by atoms with Gasteiger partial charge in [-0.3, -0.25) is 4.57 Å². The average Bonchev–Trinajstić information content (AvgIpc) is 2.90. The molecule has 0 N–H and O–H groups in total. The maximum atomic E-state index is 14.7. The Bertz CT molecular complexity index is 905. The first-order valence-electron chi connectivity index (χ1n) is 7.78. The molecule has 0 saturated carbocycles. The zero-order valence-electron chi connectivity index (χ0n) is 13.2. The fraction of sp³-hybridized carbons (Fsp3) is 0.294. The third-order valence-electron chi connectivity index (χ3n) is 4.18. The van der Waals surface area contributed by atoms with Gasteiger partial charge in [-0.15, -0.1) is 0 Å². The third kappa shape index (κ3) is 2.61. The Morgan fingerprint density at radius 3 is 2.67 bits per heavy atom. The number of pyridine rings is 1. The zero-order valence-corrected chi connectivity index (χ0v) is 13.9. The predicted octanol–water partition coefficient (Wildman–Crippen LogP) is 3.36. The Labute approximate surface area is 143 Å². The van der Waals surface area contributed by atoms with Gasteiger partial charge >= 0.3 is 0 Å². The minimum Gasteiger partial charge on any atom is -0.378 e. The Morgan fingerprint density at radius 1 is 1.12 bits per heavy atom. The fourth-order valence-corrected chi connectivity index (χ4v) is 3.20. The summed E-state index contributed by atoms with van der Waals surface area (Å²) < 4.78 is 21.8. The first-order chi connectivity index (χ1) is 11.6. The summed E-state index contributed by atoms with van der Waals surface area (Å²) in [6.07, 6.45) is 0. The molecule has 0 amide bonds. The van der Waals surface area contributed by atoms with Gasteiger partial charge in [-0.2, -0.15) is 0 Å². The SMILES string of the molecule is Cc1nc2ccc(Cl)nc2n1-c1ccc(N2CCOCC2)c(F)c1. The first kappa shape index (κ1) is 15.4. The topological polar surface area (TPSA) is 43.2 Å². The highest BCUT2D eigenvalue weighted by atomic mass is 35.5. The van der Waals surface area contributed by atoms with Crippen LogP contribution in [0.5, 0.6) is 0 Å². The normalized spacial score (nSPS) is 15.2. The van der Waals surface area contributed by atoms with Crippen LogP contribution in [0.4, 0.5) is 10.1 Å². The van der Waals surface area contributed by atoms with Gasteiger partial charge < -0.3 is 9.64 Å². The Balaban J connectivity index is 1.79. The molecule has 1 fully saturated rings. The highest BCUT2D eigenvalue weighted by Crippen LogP contribution is 2.26. The maximum absolute atomic E-state index is 14.7. The van der Waals surface area contributed by atoms with Crippen molar-refractivity contribution in [3.05, 3.63) is 47.1 Å². The van der Waals surface area contributed by atoms with Crippen molar-refractivity contribution in [1.29, 1.82) is 0 Å². The lowest BCUT2D eigenvalue weighted by molar-refractivity contribution is 0.122. The van der Waals surface area contributed by atoms with E-state index in [4.69, 9.17) is 16.3 Å². The molecule has 0 spiro atoms. The number of nitrogens with zero attached hydrogens (tertiary/aromatic N) is 4. The molecular formula is C17H16ClFN4O. The number of morpholine rings is 1. The second-order valence-electron chi connectivity index (χ2n) is 5.71. The van der Waals surface area contributed by atoms with Gasteiger partial charge in [0.1, 0.15) is 22.3 Å². The van der Waals surface area contributed by atoms with Crippen molar-refractivity contribution in [2.75, 3.05) is 31.2 Å². The number of hydrogen-bond donors (Lipinski definition) is 0. The summed E-state index contributed by atoms with van der Waals surface area (Å²) in [5, 5.41) is 0.383. The second-order valence-corrected chi connectivity index (χ2v) is 6.09. The molecule has 0 aliphatic carbocycles. The van der Waals surface area contributed by atoms with Gasteiger partial charge in [0.15, 0.2) is 5.65 Å². The monoisotopic (exact) mass is 346 g/mol. The number of halogens is 2. The van der Waals surface area contributed by atoms with Crippen LogP contribution in [-0.2, 0) is 4.74 Å². The third-order valence-corrected chi connectivity index (χ3v) is 4.39. The van der Waals surface area contributed by atoms with Crippen molar-refractivity contribution >= 4 is 28.5 Å². The molecule has 0 radical (unpaired) electrons. The summed E-state index contributed by atoms with van der Waals surface area (Å²) in [6, 6.07) is 8.70. The summed E-state index contributed by atoms with van der Waals surface area (Å²) in [5.74, 6) is 0.468. The van der Waals surface area contributed by atoms with Crippen molar-refractivity contribution in [3.63, 3.8) is 0 Å². The summed E-state index contributed by atoms with van der Waals surface area (Å²) >= 11 is 6.00. The quantitative estimate of drug-likeness (QED) is 0.667. The van der Waals surface area contributed by atoms with Crippen molar-refractivity contribution in [2.24, 2.45) is 0 Å². The van der Waals surface area contributed by atoms with Gasteiger partial charge in [-0.05, 0) is 31.2 Å². The molecule has 0 atom stereocenters. The highest BCUT2D eigenvalue weighted by molar-refractivity contribution is 6.29. The van der Waals surface area contributed by atoms with Crippen LogP contribution in [0.1, 0.15) is 5.82 Å². The standard InChI is InChI=1S/C17H16ClFN4O/c1-11-20-14-3-5-16(18)21-17(14)23(11)12-2-4-15(13(19)10-12)22-6-8-24-9-7-22/h2-5,10H,6-9H2,1H3. The predicted molar refractivity (Wildman–Crippen MR) is 91.6 cm³/mol. The van der Waals surface area contributed by atoms with E-state index >= 15 is 0 Å². The van der Waals surface area contributed by atoms with Crippen LogP contribution in [-0.4, -0.2) is 40.8 Å². The number of aromatic nitrogens is 3. The van der Waals surface area contributed by atoms with Crippen molar-refractivity contribution in [2.45, 2.75) is 6.92 Å². The molecule has 5 nitrogen and oxygen atoms in total. The maximum Gasteiger partial charge on any atom is 0.166 e. The number of fused-ring (bicyclic) bond motifs is 1. The molecule has 0 unspecified atom stereocenters. The van der Waals surface area contributed by atoms with E-state index in [1.807, 2.05) is 28.5 Å². The molecule has 4 rings (SSSR count). The van der Waals surface area contributed by atoms with E-state index < -0.39 is 0 Å². The van der Waals surface area contributed by atoms with Gasteiger partial charge in [0.05, 0.1) is 24.6 Å². The van der Waals surface area contributed by atoms with E-state index in [9.17, 15) is 4.39 Å². The lowest BCUT2D eigenvalue weighted by Gasteiger charge is -2.29. The van der Waals surface area contributed by atoms with Crippen LogP contribution < -0.4 is 4.90 Å². The minimum absolute atomic E-state index is 0.266. The molecule has 1 aromatic carbocycles. The van der Waals surface area contributed by atoms with Gasteiger partial charge in [0.25, 0.3) is 0 Å². The largest absolute Gasteiger partial charge is 0.378 e. The number of anilines is 1. The molecule has 2 aromatic heterocycles. The molecule has 1 aliphatic rings. The van der Waals surface area contributed by atoms with Crippen LogP contribution in [0.2, 0.25) is 5.15 Å². The van der Waals surface area contributed by atoms with E-state index in [0.29, 0.717) is 48.5 Å². The van der Waals surface area contributed by atoms with Crippen LogP contribution in [0.3, 0.4) is 0 Å². The van der Waals surface area contributed by atoms with E-state index in [1.165, 1.54) is 6.07 Å². The van der Waals surface area contributed by atoms with Crippen molar-refractivity contribution in [1.82, 2.24) is 14.5 Å². The number of aryl methyl sites for hydroxylation is 1. The van der Waals surface area contributed by atoms with Gasteiger partial charge in [-0.1, -0.05) is 11.6 Å². The molecular weight excluding hydrogens is 331 g/mol. The van der Waals surface area contributed by atoms with Crippen LogP contribution in [0.15, 0.2) is 30.3 Å². The number of ether oxygens (including phenoxy) is 1. The lowest BCUT2D eigenvalue weighted by atomic mass is 10.2. The van der Waals surface area contributed by atoms with Crippen molar-refractivity contribution < 1.29 is 9.13 Å². The van der Waals surface area contributed by atoms with Crippen LogP contribution in [0, 0.1) is 12.7 Å². The molecule has 0 bridgehead atoms. The molecule has 24 heavy (non-hydrogen) atoms. The Hall–Kier alpha value is -2.18. The second kappa shape index (κ2) is 6.03. The summed E-state index contributed by atoms with van der Waals surface area (Å²) in [5.41, 5.74) is 2.63. The van der Waals surface area contributed by atoms with Crippen molar-refractivity contribution in [3.8, 4) is 5.69 Å². The van der Waals surface area contributed by atoms with E-state index in [0.717, 1.165) is 11.3 Å². The Morgan fingerprint density at radius 2 is 1.92 bits per heavy atom. The van der Waals surface area contributed by atoms with Crippen LogP contribution >= 0.6 is 11.6 Å². The van der Waals surface area contributed by atoms with Gasteiger partial charge in [0, 0.05) is 19.2 Å². The smallest absolute Gasteiger partial charge is 0.166 e. The first-order valence-corrected chi connectivity index (χ1v) is 8.15. The molecule has 7 heteroatoms. The summed E-state index contributed by atoms with van der Waals surface area (Å²) in [6.45, 7) is 4.49. The fourth-order valence-electron chi connectivity index (χ4n) is 3.05. The van der Waals surface area contributed by atoms with E-state index in [-0.39, 0.29) is 5.82 Å². The molecule has 1 saturated heterocycles. The van der Waals surface area contributed by atoms with Gasteiger partial charge in [0.2, 0.25) is 0 Å². The number of rotatable bonds is 2. The van der Waals surface area contributed by atoms with Gasteiger partial charge in [-0.25, -0.2) is 14.4 Å². The number of hydrogen-bond acceptors (Lipinski definition) is 4. The number of benzene rings is 1.